The van der Waals surface area contributed by atoms with Gasteiger partial charge in [-0.05, 0) is 36.7 Å². The summed E-state index contributed by atoms with van der Waals surface area (Å²) in [5, 5.41) is 13.2. The van der Waals surface area contributed by atoms with E-state index in [1.54, 1.807) is 18.2 Å². The van der Waals surface area contributed by atoms with Crippen molar-refractivity contribution in [2.24, 2.45) is 0 Å². The van der Waals surface area contributed by atoms with E-state index in [0.29, 0.717) is 12.3 Å². The number of aromatic hydroxyl groups is 1. The Balaban J connectivity index is 1.83. The maximum Gasteiger partial charge on any atom is 0.162 e. The first-order valence-corrected chi connectivity index (χ1v) is 6.50. The number of methoxy groups -OCH3 is 1. The highest BCUT2D eigenvalue weighted by atomic mass is 19.1. The minimum Gasteiger partial charge on any atom is -0.504 e. The minimum atomic E-state index is -0.219. The van der Waals surface area contributed by atoms with Crippen molar-refractivity contribution in [1.82, 2.24) is 5.32 Å². The molecule has 4 heteroatoms. The molecule has 0 aromatic heterocycles. The summed E-state index contributed by atoms with van der Waals surface area (Å²) >= 11 is 0. The lowest BCUT2D eigenvalue weighted by molar-refractivity contribution is 0.369. The average Bonchev–Trinajstić information content (AvgIpc) is 2.47. The molecule has 0 unspecified atom stereocenters. The molecule has 0 aliphatic carbocycles. The summed E-state index contributed by atoms with van der Waals surface area (Å²) in [4.78, 5) is 0. The van der Waals surface area contributed by atoms with Crippen molar-refractivity contribution in [3.05, 3.63) is 59.4 Å². The number of hydrogen-bond acceptors (Lipinski definition) is 3. The molecule has 0 heterocycles. The SMILES string of the molecule is COc1cccc(CNCCc2ccc(F)cc2)c1O. The zero-order valence-corrected chi connectivity index (χ0v) is 11.4. The quantitative estimate of drug-likeness (QED) is 0.797. The van der Waals surface area contributed by atoms with Gasteiger partial charge >= 0.3 is 0 Å². The second kappa shape index (κ2) is 6.91. The predicted molar refractivity (Wildman–Crippen MR) is 76.5 cm³/mol. The zero-order valence-electron chi connectivity index (χ0n) is 11.4. The third kappa shape index (κ3) is 3.71. The molecule has 0 atom stereocenters. The maximum absolute atomic E-state index is 12.8. The zero-order chi connectivity index (χ0) is 14.4. The number of halogens is 1. The van der Waals surface area contributed by atoms with E-state index in [1.807, 2.05) is 12.1 Å². The van der Waals surface area contributed by atoms with Crippen LogP contribution in [0.3, 0.4) is 0 Å². The fraction of sp³-hybridized carbons (Fsp3) is 0.250. The third-order valence-electron chi connectivity index (χ3n) is 3.12. The van der Waals surface area contributed by atoms with Gasteiger partial charge in [-0.3, -0.25) is 0 Å². The first kappa shape index (κ1) is 14.3. The molecule has 0 radical (unpaired) electrons. The second-order valence-electron chi connectivity index (χ2n) is 4.52. The van der Waals surface area contributed by atoms with E-state index < -0.39 is 0 Å². The summed E-state index contributed by atoms with van der Waals surface area (Å²) in [6.07, 6.45) is 0.811. The van der Waals surface area contributed by atoms with Gasteiger partial charge in [0, 0.05) is 12.1 Å². The Morgan fingerprint density at radius 1 is 1.15 bits per heavy atom. The molecule has 0 spiro atoms. The van der Waals surface area contributed by atoms with Crippen molar-refractivity contribution in [3.63, 3.8) is 0 Å². The first-order valence-electron chi connectivity index (χ1n) is 6.50. The number of hydrogen-bond donors (Lipinski definition) is 2. The number of benzene rings is 2. The topological polar surface area (TPSA) is 41.5 Å². The lowest BCUT2D eigenvalue weighted by Gasteiger charge is -2.09. The van der Waals surface area contributed by atoms with E-state index in [0.717, 1.165) is 24.1 Å². The van der Waals surface area contributed by atoms with Crippen molar-refractivity contribution in [2.45, 2.75) is 13.0 Å². The molecule has 0 saturated carbocycles. The van der Waals surface area contributed by atoms with Crippen LogP contribution in [0.5, 0.6) is 11.5 Å². The van der Waals surface area contributed by atoms with Gasteiger partial charge in [0.2, 0.25) is 0 Å². The lowest BCUT2D eigenvalue weighted by Crippen LogP contribution is -2.16. The Labute approximate surface area is 118 Å². The van der Waals surface area contributed by atoms with Gasteiger partial charge < -0.3 is 15.2 Å². The average molecular weight is 275 g/mol. The molecule has 2 aromatic carbocycles. The van der Waals surface area contributed by atoms with Gasteiger partial charge in [-0.1, -0.05) is 24.3 Å². The molecule has 106 valence electrons. The van der Waals surface area contributed by atoms with Crippen LogP contribution in [0.15, 0.2) is 42.5 Å². The highest BCUT2D eigenvalue weighted by Gasteiger charge is 2.06. The van der Waals surface area contributed by atoms with E-state index in [4.69, 9.17) is 4.74 Å². The van der Waals surface area contributed by atoms with Crippen molar-refractivity contribution >= 4 is 0 Å². The first-order chi connectivity index (χ1) is 9.70. The monoisotopic (exact) mass is 275 g/mol. The van der Waals surface area contributed by atoms with Crippen LogP contribution in [0, 0.1) is 5.82 Å². The maximum atomic E-state index is 12.8. The van der Waals surface area contributed by atoms with E-state index in [1.165, 1.54) is 19.2 Å². The minimum absolute atomic E-state index is 0.171. The van der Waals surface area contributed by atoms with Crippen LogP contribution in [0.2, 0.25) is 0 Å². The lowest BCUT2D eigenvalue weighted by atomic mass is 10.1. The molecule has 0 bridgehead atoms. The van der Waals surface area contributed by atoms with E-state index in [2.05, 4.69) is 5.32 Å². The van der Waals surface area contributed by atoms with Gasteiger partial charge in [-0.2, -0.15) is 0 Å². The summed E-state index contributed by atoms with van der Waals surface area (Å²) in [5.74, 6) is 0.426. The van der Waals surface area contributed by atoms with Crippen LogP contribution < -0.4 is 10.1 Å². The van der Waals surface area contributed by atoms with Gasteiger partial charge in [0.25, 0.3) is 0 Å². The van der Waals surface area contributed by atoms with Crippen LogP contribution in [0.25, 0.3) is 0 Å². The Morgan fingerprint density at radius 3 is 2.60 bits per heavy atom. The Kier molecular flexibility index (Phi) is 4.96. The van der Waals surface area contributed by atoms with Gasteiger partial charge in [0.15, 0.2) is 11.5 Å². The number of ether oxygens (including phenoxy) is 1. The summed E-state index contributed by atoms with van der Waals surface area (Å²) in [6.45, 7) is 1.31. The molecule has 2 rings (SSSR count). The number of rotatable bonds is 6. The normalized spacial score (nSPS) is 10.5. The number of para-hydroxylation sites is 1. The molecule has 3 nitrogen and oxygen atoms in total. The Bertz CT molecular complexity index is 555. The van der Waals surface area contributed by atoms with Crippen LogP contribution in [0.1, 0.15) is 11.1 Å². The second-order valence-corrected chi connectivity index (χ2v) is 4.52. The summed E-state index contributed by atoms with van der Waals surface area (Å²) < 4.78 is 17.8. The van der Waals surface area contributed by atoms with Gasteiger partial charge in [-0.15, -0.1) is 0 Å². The molecule has 0 amide bonds. The fourth-order valence-electron chi connectivity index (χ4n) is 1.98. The van der Waals surface area contributed by atoms with E-state index in [-0.39, 0.29) is 11.6 Å². The fourth-order valence-corrected chi connectivity index (χ4v) is 1.98. The van der Waals surface area contributed by atoms with E-state index >= 15 is 0 Å². The number of nitrogens with one attached hydrogen (secondary N) is 1. The van der Waals surface area contributed by atoms with Crippen LogP contribution in [0.4, 0.5) is 4.39 Å². The third-order valence-corrected chi connectivity index (χ3v) is 3.12. The largest absolute Gasteiger partial charge is 0.504 e. The van der Waals surface area contributed by atoms with Gasteiger partial charge in [-0.25, -0.2) is 4.39 Å². The molecular weight excluding hydrogens is 257 g/mol. The highest BCUT2D eigenvalue weighted by Crippen LogP contribution is 2.28. The summed E-state index contributed by atoms with van der Waals surface area (Å²) in [6, 6.07) is 11.9. The molecule has 2 aromatic rings. The van der Waals surface area contributed by atoms with Crippen molar-refractivity contribution < 1.29 is 14.2 Å². The van der Waals surface area contributed by atoms with Crippen molar-refractivity contribution in [3.8, 4) is 11.5 Å². The van der Waals surface area contributed by atoms with Crippen LogP contribution >= 0.6 is 0 Å². The Hall–Kier alpha value is -2.07. The van der Waals surface area contributed by atoms with E-state index in [9.17, 15) is 9.50 Å². The summed E-state index contributed by atoms with van der Waals surface area (Å²) in [7, 11) is 1.53. The molecular formula is C16H18FNO2. The van der Waals surface area contributed by atoms with Crippen molar-refractivity contribution in [1.29, 1.82) is 0 Å². The number of phenolic OH excluding ortho intramolecular Hbond substituents is 1. The van der Waals surface area contributed by atoms with Crippen LogP contribution in [-0.4, -0.2) is 18.8 Å². The molecule has 2 N–H and O–H groups in total. The number of phenols is 1. The van der Waals surface area contributed by atoms with Crippen molar-refractivity contribution in [2.75, 3.05) is 13.7 Å². The predicted octanol–water partition coefficient (Wildman–Crippen LogP) is 2.87. The standard InChI is InChI=1S/C16H18FNO2/c1-20-15-4-2-3-13(16(15)19)11-18-10-9-12-5-7-14(17)8-6-12/h2-8,18-19H,9-11H2,1H3. The smallest absolute Gasteiger partial charge is 0.162 e. The Morgan fingerprint density at radius 2 is 1.90 bits per heavy atom. The highest BCUT2D eigenvalue weighted by molar-refractivity contribution is 5.45. The van der Waals surface area contributed by atoms with Gasteiger partial charge in [0.1, 0.15) is 5.82 Å². The van der Waals surface area contributed by atoms with Crippen LogP contribution in [-0.2, 0) is 13.0 Å². The van der Waals surface area contributed by atoms with Gasteiger partial charge in [0.05, 0.1) is 7.11 Å². The molecule has 20 heavy (non-hydrogen) atoms. The molecule has 0 fully saturated rings. The molecule has 0 aliphatic heterocycles. The molecule has 0 aliphatic rings. The molecule has 0 saturated heterocycles. The summed E-state index contributed by atoms with van der Waals surface area (Å²) in [5.41, 5.74) is 1.87.